The van der Waals surface area contributed by atoms with Crippen molar-refractivity contribution in [1.29, 1.82) is 0 Å². The van der Waals surface area contributed by atoms with Crippen molar-refractivity contribution in [3.8, 4) is 0 Å². The Bertz CT molecular complexity index is 420. The molecule has 0 amide bonds. The van der Waals surface area contributed by atoms with E-state index in [9.17, 15) is 4.79 Å². The SMILES string of the molecule is Cn1nnc(CC(=O)C(C)(C)C2CCCNC2)n1. The number of ketones is 1. The highest BCUT2D eigenvalue weighted by molar-refractivity contribution is 5.85. The molecular weight excluding hydrogens is 230 g/mol. The summed E-state index contributed by atoms with van der Waals surface area (Å²) in [6.45, 7) is 6.05. The molecule has 6 heteroatoms. The van der Waals surface area contributed by atoms with Crippen molar-refractivity contribution in [1.82, 2.24) is 25.5 Å². The zero-order chi connectivity index (χ0) is 13.2. The van der Waals surface area contributed by atoms with Crippen LogP contribution in [0.5, 0.6) is 0 Å². The average molecular weight is 251 g/mol. The van der Waals surface area contributed by atoms with E-state index >= 15 is 0 Å². The van der Waals surface area contributed by atoms with Gasteiger partial charge in [-0.3, -0.25) is 4.79 Å². The van der Waals surface area contributed by atoms with Crippen LogP contribution in [0.1, 0.15) is 32.5 Å². The van der Waals surface area contributed by atoms with E-state index in [0.717, 1.165) is 25.9 Å². The van der Waals surface area contributed by atoms with Crippen LogP contribution in [0.15, 0.2) is 0 Å². The Hall–Kier alpha value is -1.30. The Morgan fingerprint density at radius 3 is 2.89 bits per heavy atom. The summed E-state index contributed by atoms with van der Waals surface area (Å²) in [6, 6.07) is 0. The molecule has 1 aromatic rings. The molecule has 0 saturated carbocycles. The minimum atomic E-state index is -0.327. The molecule has 1 aliphatic rings. The van der Waals surface area contributed by atoms with Gasteiger partial charge in [0, 0.05) is 5.41 Å². The molecule has 0 radical (unpaired) electrons. The third-order valence-electron chi connectivity index (χ3n) is 3.90. The Morgan fingerprint density at radius 1 is 1.56 bits per heavy atom. The lowest BCUT2D eigenvalue weighted by molar-refractivity contribution is -0.129. The first-order valence-corrected chi connectivity index (χ1v) is 6.47. The highest BCUT2D eigenvalue weighted by Gasteiger charge is 2.37. The molecular formula is C12H21N5O. The lowest BCUT2D eigenvalue weighted by atomic mass is 9.71. The number of Topliss-reactive ketones (excluding diaryl/α,β-unsaturated/α-hetero) is 1. The topological polar surface area (TPSA) is 72.7 Å². The summed E-state index contributed by atoms with van der Waals surface area (Å²) in [5, 5.41) is 15.1. The molecule has 1 saturated heterocycles. The monoisotopic (exact) mass is 251 g/mol. The number of hydrogen-bond donors (Lipinski definition) is 1. The first kappa shape index (κ1) is 13.1. The predicted octanol–water partition coefficient (Wildman–Crippen LogP) is 0.347. The quantitative estimate of drug-likeness (QED) is 0.836. The summed E-state index contributed by atoms with van der Waals surface area (Å²) in [4.78, 5) is 13.8. The van der Waals surface area contributed by atoms with Crippen LogP contribution in [0.3, 0.4) is 0 Å². The van der Waals surface area contributed by atoms with Crippen LogP contribution < -0.4 is 5.32 Å². The van der Waals surface area contributed by atoms with E-state index in [2.05, 4.69) is 20.7 Å². The molecule has 0 aromatic carbocycles. The van der Waals surface area contributed by atoms with Crippen molar-refractivity contribution >= 4 is 5.78 Å². The fraction of sp³-hybridized carbons (Fsp3) is 0.833. The molecule has 2 rings (SSSR count). The number of aryl methyl sites for hydroxylation is 1. The normalized spacial score (nSPS) is 20.9. The van der Waals surface area contributed by atoms with Gasteiger partial charge in [-0.2, -0.15) is 4.80 Å². The van der Waals surface area contributed by atoms with Gasteiger partial charge in [-0.15, -0.1) is 10.2 Å². The van der Waals surface area contributed by atoms with Crippen LogP contribution in [0, 0.1) is 11.3 Å². The molecule has 1 N–H and O–H groups in total. The smallest absolute Gasteiger partial charge is 0.182 e. The van der Waals surface area contributed by atoms with Crippen LogP contribution in [0.4, 0.5) is 0 Å². The van der Waals surface area contributed by atoms with Gasteiger partial charge in [0.2, 0.25) is 0 Å². The van der Waals surface area contributed by atoms with Gasteiger partial charge < -0.3 is 5.32 Å². The average Bonchev–Trinajstić information content (AvgIpc) is 2.76. The van der Waals surface area contributed by atoms with Gasteiger partial charge in [0.15, 0.2) is 5.82 Å². The van der Waals surface area contributed by atoms with Gasteiger partial charge in [0.25, 0.3) is 0 Å². The lowest BCUT2D eigenvalue weighted by Crippen LogP contribution is -2.43. The van der Waals surface area contributed by atoms with Crippen LogP contribution in [0.25, 0.3) is 0 Å². The lowest BCUT2D eigenvalue weighted by Gasteiger charge is -2.35. The zero-order valence-corrected chi connectivity index (χ0v) is 11.3. The van der Waals surface area contributed by atoms with Crippen molar-refractivity contribution in [3.63, 3.8) is 0 Å². The fourth-order valence-electron chi connectivity index (χ4n) is 2.46. The van der Waals surface area contributed by atoms with Gasteiger partial charge >= 0.3 is 0 Å². The van der Waals surface area contributed by atoms with Crippen LogP contribution in [-0.2, 0) is 18.3 Å². The molecule has 1 unspecified atom stereocenters. The standard InChI is InChI=1S/C12H21N5O/c1-12(2,9-5-4-6-13-8-9)10(18)7-11-14-16-17(3)15-11/h9,13H,4-8H2,1-3H3. The summed E-state index contributed by atoms with van der Waals surface area (Å²) < 4.78 is 0. The maximum Gasteiger partial charge on any atom is 0.182 e. The number of carbonyl (C=O) groups excluding carboxylic acids is 1. The molecule has 100 valence electrons. The van der Waals surface area contributed by atoms with Crippen molar-refractivity contribution in [3.05, 3.63) is 5.82 Å². The molecule has 0 bridgehead atoms. The minimum Gasteiger partial charge on any atom is -0.316 e. The van der Waals surface area contributed by atoms with Crippen molar-refractivity contribution in [2.45, 2.75) is 33.1 Å². The van der Waals surface area contributed by atoms with Gasteiger partial charge in [-0.05, 0) is 37.1 Å². The second-order valence-corrected chi connectivity index (χ2v) is 5.56. The maximum atomic E-state index is 12.4. The number of hydrogen-bond acceptors (Lipinski definition) is 5. The molecule has 6 nitrogen and oxygen atoms in total. The number of nitrogens with one attached hydrogen (secondary N) is 1. The van der Waals surface area contributed by atoms with Gasteiger partial charge in [-0.1, -0.05) is 13.8 Å². The summed E-state index contributed by atoms with van der Waals surface area (Å²) in [7, 11) is 1.71. The van der Waals surface area contributed by atoms with Gasteiger partial charge in [-0.25, -0.2) is 0 Å². The van der Waals surface area contributed by atoms with E-state index in [0.29, 0.717) is 11.7 Å². The number of aromatic nitrogens is 4. The molecule has 1 aliphatic heterocycles. The van der Waals surface area contributed by atoms with E-state index in [1.807, 2.05) is 13.8 Å². The highest BCUT2D eigenvalue weighted by atomic mass is 16.1. The molecule has 18 heavy (non-hydrogen) atoms. The molecule has 0 aliphatic carbocycles. The molecule has 1 atom stereocenters. The Morgan fingerprint density at radius 2 is 2.33 bits per heavy atom. The summed E-state index contributed by atoms with van der Waals surface area (Å²) in [5.74, 6) is 1.11. The van der Waals surface area contributed by atoms with Crippen LogP contribution in [-0.4, -0.2) is 39.1 Å². The third kappa shape index (κ3) is 2.75. The Labute approximate surface area is 107 Å². The van der Waals surface area contributed by atoms with E-state index in [1.165, 1.54) is 4.80 Å². The Kier molecular flexibility index (Phi) is 3.75. The maximum absolute atomic E-state index is 12.4. The van der Waals surface area contributed by atoms with E-state index in [1.54, 1.807) is 7.05 Å². The summed E-state index contributed by atoms with van der Waals surface area (Å²) in [5.41, 5.74) is -0.327. The molecule has 2 heterocycles. The number of nitrogens with zero attached hydrogens (tertiary/aromatic N) is 4. The molecule has 1 aromatic heterocycles. The van der Waals surface area contributed by atoms with E-state index in [4.69, 9.17) is 0 Å². The van der Waals surface area contributed by atoms with Gasteiger partial charge in [0.1, 0.15) is 5.78 Å². The van der Waals surface area contributed by atoms with E-state index < -0.39 is 0 Å². The fourth-order valence-corrected chi connectivity index (χ4v) is 2.46. The second kappa shape index (κ2) is 5.14. The summed E-state index contributed by atoms with van der Waals surface area (Å²) in [6.07, 6.45) is 2.53. The summed E-state index contributed by atoms with van der Waals surface area (Å²) >= 11 is 0. The van der Waals surface area contributed by atoms with E-state index in [-0.39, 0.29) is 17.6 Å². The largest absolute Gasteiger partial charge is 0.316 e. The van der Waals surface area contributed by atoms with Gasteiger partial charge in [0.05, 0.1) is 13.5 Å². The van der Waals surface area contributed by atoms with Crippen molar-refractivity contribution < 1.29 is 4.79 Å². The number of carbonyl (C=O) groups is 1. The van der Waals surface area contributed by atoms with Crippen LogP contribution >= 0.6 is 0 Å². The minimum absolute atomic E-state index is 0.198. The zero-order valence-electron chi connectivity index (χ0n) is 11.3. The highest BCUT2D eigenvalue weighted by Crippen LogP contribution is 2.33. The first-order chi connectivity index (χ1) is 8.50. The number of tetrazole rings is 1. The third-order valence-corrected chi connectivity index (χ3v) is 3.90. The molecule has 0 spiro atoms. The first-order valence-electron chi connectivity index (χ1n) is 6.47. The number of rotatable bonds is 4. The number of piperidine rings is 1. The predicted molar refractivity (Wildman–Crippen MR) is 66.9 cm³/mol. The van der Waals surface area contributed by atoms with Crippen molar-refractivity contribution in [2.75, 3.05) is 13.1 Å². The second-order valence-electron chi connectivity index (χ2n) is 5.56. The van der Waals surface area contributed by atoms with Crippen molar-refractivity contribution in [2.24, 2.45) is 18.4 Å². The van der Waals surface area contributed by atoms with Crippen LogP contribution in [0.2, 0.25) is 0 Å². The Balaban J connectivity index is 2.02. The molecule has 1 fully saturated rings.